The van der Waals surface area contributed by atoms with Crippen LogP contribution in [-0.2, 0) is 0 Å². The van der Waals surface area contributed by atoms with Crippen LogP contribution < -0.4 is 0 Å². The lowest BCUT2D eigenvalue weighted by Gasteiger charge is -2.22. The maximum atomic E-state index is 4.99. The number of aliphatic imine (C=N–C) groups is 2. The topological polar surface area (TPSA) is 30.7 Å². The van der Waals surface area contributed by atoms with Crippen molar-refractivity contribution in [3.8, 4) is 0 Å². The Morgan fingerprint density at radius 2 is 0.750 bits per heavy atom. The minimum absolute atomic E-state index is 0.469. The van der Waals surface area contributed by atoms with E-state index in [1.54, 1.807) is 0 Å². The lowest BCUT2D eigenvalue weighted by atomic mass is 9.94. The fraction of sp³-hybridized carbons (Fsp3) is 0.750. The van der Waals surface area contributed by atoms with E-state index in [0.717, 1.165) is 0 Å². The van der Waals surface area contributed by atoms with E-state index in [1.165, 1.54) is 140 Å². The monoisotopic (exact) mass is 488 g/mol. The van der Waals surface area contributed by atoms with Gasteiger partial charge in [-0.05, 0) is 137 Å². The molecule has 0 N–H and O–H groups in total. The van der Waals surface area contributed by atoms with Gasteiger partial charge in [-0.2, -0.15) is 9.15 Å². The van der Waals surface area contributed by atoms with Crippen molar-refractivity contribution in [3.63, 3.8) is 0 Å². The molecule has 5 rings (SSSR count). The van der Waals surface area contributed by atoms with Crippen LogP contribution in [0.5, 0.6) is 0 Å². The summed E-state index contributed by atoms with van der Waals surface area (Å²) in [5.74, 6) is 0. The third-order valence-electron chi connectivity index (χ3n) is 9.13. The molecule has 0 aromatic heterocycles. The van der Waals surface area contributed by atoms with E-state index in [-0.39, 0.29) is 0 Å². The number of hydrogen-bond donors (Lipinski definition) is 0. The van der Waals surface area contributed by atoms with Gasteiger partial charge < -0.3 is 0 Å². The molecule has 4 nitrogen and oxygen atoms in total. The van der Waals surface area contributed by atoms with Gasteiger partial charge in [-0.15, -0.1) is 0 Å². The molecular formula is C32H48N4+2. The average molecular weight is 489 g/mol. The first kappa shape index (κ1) is 25.6. The van der Waals surface area contributed by atoms with Crippen LogP contribution in [0.2, 0.25) is 0 Å². The molecule has 194 valence electrons. The second-order valence-corrected chi connectivity index (χ2v) is 11.9. The summed E-state index contributed by atoms with van der Waals surface area (Å²) in [4.78, 5) is 9.97. The van der Waals surface area contributed by atoms with Crippen LogP contribution in [0.25, 0.3) is 0 Å². The van der Waals surface area contributed by atoms with Gasteiger partial charge in [0.05, 0.1) is 0 Å². The van der Waals surface area contributed by atoms with E-state index < -0.39 is 0 Å². The van der Waals surface area contributed by atoms with Crippen molar-refractivity contribution in [2.75, 3.05) is 0 Å². The molecule has 0 spiro atoms. The minimum atomic E-state index is 0.469. The van der Waals surface area contributed by atoms with Crippen LogP contribution in [0.4, 0.5) is 11.4 Å². The summed E-state index contributed by atoms with van der Waals surface area (Å²) in [7, 11) is 0. The molecule has 0 atom stereocenters. The van der Waals surface area contributed by atoms with E-state index >= 15 is 0 Å². The van der Waals surface area contributed by atoms with Crippen LogP contribution in [0.15, 0.2) is 34.3 Å². The summed E-state index contributed by atoms with van der Waals surface area (Å²) in [5.41, 5.74) is 2.50. The van der Waals surface area contributed by atoms with Crippen molar-refractivity contribution in [2.45, 2.75) is 153 Å². The molecule has 1 aromatic rings. The standard InChI is InChI=1S/C32H48N4/c1-5-13-27(14-6-1)33-25-35(29-17-9-3-10-18-29)31-21-23-32(24-22-31)36(30-19-11-4-12-20-30)26-34-28-15-7-2-8-16-28/h21-24,27-30H,1-20H2/q+2. The van der Waals surface area contributed by atoms with Crippen LogP contribution >= 0.6 is 0 Å². The fourth-order valence-corrected chi connectivity index (χ4v) is 6.86. The van der Waals surface area contributed by atoms with Gasteiger partial charge in [0.2, 0.25) is 0 Å². The molecule has 36 heavy (non-hydrogen) atoms. The van der Waals surface area contributed by atoms with Crippen LogP contribution in [-0.4, -0.2) is 45.3 Å². The molecule has 0 bridgehead atoms. The highest BCUT2D eigenvalue weighted by atomic mass is 15.1. The second kappa shape index (κ2) is 13.5. The van der Waals surface area contributed by atoms with Crippen molar-refractivity contribution < 1.29 is 9.15 Å². The van der Waals surface area contributed by atoms with E-state index in [2.05, 4.69) is 45.4 Å². The summed E-state index contributed by atoms with van der Waals surface area (Å²) in [6, 6.07) is 18.4. The highest BCUT2D eigenvalue weighted by Crippen LogP contribution is 2.30. The second-order valence-electron chi connectivity index (χ2n) is 11.9. The van der Waals surface area contributed by atoms with Crippen LogP contribution in [0.3, 0.4) is 0 Å². The lowest BCUT2D eigenvalue weighted by molar-refractivity contribution is -0.487. The zero-order valence-electron chi connectivity index (χ0n) is 22.5. The number of rotatable bonds is 6. The zero-order chi connectivity index (χ0) is 24.4. The summed E-state index contributed by atoms with van der Waals surface area (Å²) < 4.78 is 4.78. The van der Waals surface area contributed by atoms with Gasteiger partial charge in [-0.25, -0.2) is 0 Å². The predicted octanol–water partition coefficient (Wildman–Crippen LogP) is 8.65. The quantitative estimate of drug-likeness (QED) is 0.283. The van der Waals surface area contributed by atoms with Crippen molar-refractivity contribution in [1.29, 1.82) is 0 Å². The van der Waals surface area contributed by atoms with Gasteiger partial charge in [-0.1, -0.05) is 25.7 Å². The summed E-state index contributed by atoms with van der Waals surface area (Å²) >= 11 is 0. The number of benzene rings is 1. The Morgan fingerprint density at radius 1 is 0.444 bits per heavy atom. The first-order valence-electron chi connectivity index (χ1n) is 15.5. The molecule has 0 unspecified atom stereocenters. The van der Waals surface area contributed by atoms with Gasteiger partial charge in [0.25, 0.3) is 0 Å². The van der Waals surface area contributed by atoms with E-state index in [9.17, 15) is 0 Å². The van der Waals surface area contributed by atoms with Crippen molar-refractivity contribution >= 4 is 23.4 Å². The SMILES string of the molecule is C(=NC1CCCCC1)=[N+](c1ccc([N+](=C=NC2CCCCC2)C2CCCCC2)cc1)C1CCCCC1. The van der Waals surface area contributed by atoms with Crippen molar-refractivity contribution in [2.24, 2.45) is 9.98 Å². The molecule has 0 aliphatic heterocycles. The highest BCUT2D eigenvalue weighted by molar-refractivity contribution is 5.47. The smallest absolute Gasteiger partial charge is 0.183 e. The molecule has 4 heteroatoms. The molecule has 1 aromatic carbocycles. The Balaban J connectivity index is 1.42. The molecule has 4 aliphatic carbocycles. The fourth-order valence-electron chi connectivity index (χ4n) is 6.86. The predicted molar refractivity (Wildman–Crippen MR) is 149 cm³/mol. The highest BCUT2D eigenvalue weighted by Gasteiger charge is 2.26. The van der Waals surface area contributed by atoms with Gasteiger partial charge in [-0.3, -0.25) is 0 Å². The molecule has 0 heterocycles. The zero-order valence-corrected chi connectivity index (χ0v) is 22.5. The lowest BCUT2D eigenvalue weighted by Crippen LogP contribution is -2.26. The van der Waals surface area contributed by atoms with Gasteiger partial charge >= 0.3 is 12.0 Å². The summed E-state index contributed by atoms with van der Waals surface area (Å²) in [6.45, 7) is 0. The molecule has 0 radical (unpaired) electrons. The molecule has 0 amide bonds. The molecule has 4 saturated carbocycles. The number of nitrogens with zero attached hydrogens (tertiary/aromatic N) is 4. The Bertz CT molecular complexity index is 861. The minimum Gasteiger partial charge on any atom is -0.183 e. The van der Waals surface area contributed by atoms with Crippen LogP contribution in [0, 0.1) is 0 Å². The normalized spacial score (nSPS) is 22.9. The number of hydrogen-bond acceptors (Lipinski definition) is 2. The van der Waals surface area contributed by atoms with Crippen molar-refractivity contribution in [3.05, 3.63) is 24.3 Å². The maximum Gasteiger partial charge on any atom is 0.312 e. The Labute approximate surface area is 219 Å². The van der Waals surface area contributed by atoms with Gasteiger partial charge in [0.1, 0.15) is 23.5 Å². The Morgan fingerprint density at radius 3 is 1.08 bits per heavy atom. The van der Waals surface area contributed by atoms with E-state index in [0.29, 0.717) is 24.2 Å². The third kappa shape index (κ3) is 7.05. The first-order chi connectivity index (χ1) is 17.9. The molecular weight excluding hydrogens is 440 g/mol. The molecule has 4 fully saturated rings. The van der Waals surface area contributed by atoms with Gasteiger partial charge in [0, 0.05) is 0 Å². The van der Waals surface area contributed by atoms with Gasteiger partial charge in [0.15, 0.2) is 12.1 Å². The summed E-state index contributed by atoms with van der Waals surface area (Å²) in [5, 5.41) is 0. The first-order valence-corrected chi connectivity index (χ1v) is 15.5. The maximum absolute atomic E-state index is 4.99. The molecule has 4 aliphatic rings. The van der Waals surface area contributed by atoms with Crippen molar-refractivity contribution in [1.82, 2.24) is 0 Å². The Hall–Kier alpha value is -2.02. The largest absolute Gasteiger partial charge is 0.312 e. The third-order valence-corrected chi connectivity index (χ3v) is 9.13. The van der Waals surface area contributed by atoms with E-state index in [4.69, 9.17) is 9.98 Å². The molecule has 0 saturated heterocycles. The Kier molecular flexibility index (Phi) is 9.61. The summed E-state index contributed by atoms with van der Waals surface area (Å²) in [6.07, 6.45) is 26.0. The van der Waals surface area contributed by atoms with E-state index in [1.807, 2.05) is 0 Å². The average Bonchev–Trinajstić information content (AvgIpc) is 2.96. The van der Waals surface area contributed by atoms with Crippen LogP contribution in [0.1, 0.15) is 128 Å².